The molecule has 2 N–H and O–H groups in total. The average molecular weight is 265 g/mol. The van der Waals surface area contributed by atoms with Crippen LogP contribution in [0.2, 0.25) is 0 Å². The molecule has 0 aliphatic heterocycles. The van der Waals surface area contributed by atoms with E-state index in [-0.39, 0.29) is 17.8 Å². The molecule has 0 saturated heterocycles. The maximum absolute atomic E-state index is 11.9. The van der Waals surface area contributed by atoms with E-state index >= 15 is 0 Å². The van der Waals surface area contributed by atoms with Gasteiger partial charge in [0.2, 0.25) is 5.89 Å². The van der Waals surface area contributed by atoms with Crippen molar-refractivity contribution in [2.24, 2.45) is 5.73 Å². The van der Waals surface area contributed by atoms with Gasteiger partial charge in [0.25, 0.3) is 0 Å². The first kappa shape index (κ1) is 13.3. The summed E-state index contributed by atoms with van der Waals surface area (Å²) in [7, 11) is 0. The van der Waals surface area contributed by atoms with Crippen molar-refractivity contribution < 1.29 is 22.4 Å². The number of nitrogens with zero attached hydrogens (tertiary/aromatic N) is 2. The van der Waals surface area contributed by atoms with Crippen LogP contribution in [0.4, 0.5) is 13.2 Å². The largest absolute Gasteiger partial charge is 0.411 e. The van der Waals surface area contributed by atoms with Crippen molar-refractivity contribution in [3.63, 3.8) is 0 Å². The molecule has 18 heavy (non-hydrogen) atoms. The maximum Gasteiger partial charge on any atom is 0.411 e. The van der Waals surface area contributed by atoms with Crippen molar-refractivity contribution in [3.05, 3.63) is 11.7 Å². The molecular formula is C10H14F3N3O2. The van der Waals surface area contributed by atoms with Gasteiger partial charge in [-0.25, -0.2) is 0 Å². The molecule has 5 nitrogen and oxygen atoms in total. The van der Waals surface area contributed by atoms with Gasteiger partial charge in [-0.05, 0) is 12.8 Å². The van der Waals surface area contributed by atoms with E-state index in [9.17, 15) is 13.2 Å². The van der Waals surface area contributed by atoms with Gasteiger partial charge in [0, 0.05) is 6.54 Å². The summed E-state index contributed by atoms with van der Waals surface area (Å²) in [6.07, 6.45) is -1.57. The molecule has 1 aliphatic rings. The van der Waals surface area contributed by atoms with Gasteiger partial charge in [-0.2, -0.15) is 18.2 Å². The zero-order valence-electron chi connectivity index (χ0n) is 9.66. The van der Waals surface area contributed by atoms with Crippen LogP contribution in [0.25, 0.3) is 0 Å². The molecule has 0 unspecified atom stereocenters. The Morgan fingerprint density at radius 3 is 2.61 bits per heavy atom. The Labute approximate surface area is 101 Å². The number of hydrogen-bond donors (Lipinski definition) is 1. The van der Waals surface area contributed by atoms with Crippen molar-refractivity contribution >= 4 is 0 Å². The molecule has 0 bridgehead atoms. The minimum atomic E-state index is -4.35. The SMILES string of the molecule is NCC1(c2nc(COCC(F)(F)F)no2)CCC1. The predicted molar refractivity (Wildman–Crippen MR) is 54.6 cm³/mol. The number of nitrogens with two attached hydrogens (primary N) is 1. The van der Waals surface area contributed by atoms with E-state index in [2.05, 4.69) is 14.9 Å². The number of ether oxygens (including phenoxy) is 1. The summed E-state index contributed by atoms with van der Waals surface area (Å²) in [6, 6.07) is 0. The Kier molecular flexibility index (Phi) is 3.58. The van der Waals surface area contributed by atoms with Crippen LogP contribution in [0.5, 0.6) is 0 Å². The van der Waals surface area contributed by atoms with Gasteiger partial charge >= 0.3 is 6.18 Å². The zero-order valence-corrected chi connectivity index (χ0v) is 9.66. The van der Waals surface area contributed by atoms with E-state index in [0.717, 1.165) is 19.3 Å². The lowest BCUT2D eigenvalue weighted by Gasteiger charge is -2.36. The molecule has 0 amide bonds. The number of aromatic nitrogens is 2. The lowest BCUT2D eigenvalue weighted by Crippen LogP contribution is -2.41. The molecule has 1 aromatic rings. The third-order valence-corrected chi connectivity index (χ3v) is 3.12. The molecule has 0 atom stereocenters. The first-order chi connectivity index (χ1) is 8.45. The highest BCUT2D eigenvalue weighted by Gasteiger charge is 2.42. The third kappa shape index (κ3) is 2.81. The normalized spacial score (nSPS) is 18.7. The maximum atomic E-state index is 11.9. The fourth-order valence-corrected chi connectivity index (χ4v) is 1.89. The minimum absolute atomic E-state index is 0.119. The molecule has 1 fully saturated rings. The lowest BCUT2D eigenvalue weighted by molar-refractivity contribution is -0.177. The van der Waals surface area contributed by atoms with Gasteiger partial charge in [0.15, 0.2) is 5.82 Å². The Morgan fingerprint density at radius 1 is 1.39 bits per heavy atom. The van der Waals surface area contributed by atoms with Gasteiger partial charge in [0.05, 0.1) is 5.41 Å². The van der Waals surface area contributed by atoms with Crippen molar-refractivity contribution in [2.75, 3.05) is 13.2 Å². The van der Waals surface area contributed by atoms with Crippen LogP contribution >= 0.6 is 0 Å². The van der Waals surface area contributed by atoms with Crippen molar-refractivity contribution in [1.29, 1.82) is 0 Å². The van der Waals surface area contributed by atoms with Crippen molar-refractivity contribution in [2.45, 2.75) is 37.5 Å². The summed E-state index contributed by atoms with van der Waals surface area (Å²) in [4.78, 5) is 4.04. The van der Waals surface area contributed by atoms with Crippen LogP contribution in [0, 0.1) is 0 Å². The highest BCUT2D eigenvalue weighted by molar-refractivity contribution is 5.11. The summed E-state index contributed by atoms with van der Waals surface area (Å²) in [5.41, 5.74) is 5.38. The monoisotopic (exact) mass is 265 g/mol. The van der Waals surface area contributed by atoms with Crippen LogP contribution in [-0.4, -0.2) is 29.5 Å². The fourth-order valence-electron chi connectivity index (χ4n) is 1.89. The summed E-state index contributed by atoms with van der Waals surface area (Å²) in [5.74, 6) is 0.524. The average Bonchev–Trinajstić information content (AvgIpc) is 2.64. The smallest absolute Gasteiger partial charge is 0.364 e. The standard InChI is InChI=1S/C10H14F3N3O2/c11-10(12,13)6-17-4-7-15-8(18-16-7)9(5-14)2-1-3-9/h1-6,14H2. The lowest BCUT2D eigenvalue weighted by atomic mass is 9.69. The molecule has 2 rings (SSSR count). The van der Waals surface area contributed by atoms with E-state index in [1.807, 2.05) is 0 Å². The Balaban J connectivity index is 1.90. The summed E-state index contributed by atoms with van der Waals surface area (Å²) in [6.45, 7) is -1.24. The van der Waals surface area contributed by atoms with Gasteiger partial charge in [0.1, 0.15) is 13.2 Å². The Hall–Kier alpha value is -1.15. The van der Waals surface area contributed by atoms with Gasteiger partial charge in [-0.3, -0.25) is 0 Å². The van der Waals surface area contributed by atoms with Gasteiger partial charge in [-0.15, -0.1) is 0 Å². The molecule has 0 radical (unpaired) electrons. The van der Waals surface area contributed by atoms with Crippen LogP contribution < -0.4 is 5.73 Å². The molecule has 1 heterocycles. The molecule has 1 saturated carbocycles. The third-order valence-electron chi connectivity index (χ3n) is 3.12. The van der Waals surface area contributed by atoms with Crippen LogP contribution in [0.1, 0.15) is 31.0 Å². The second kappa shape index (κ2) is 4.85. The fraction of sp³-hybridized carbons (Fsp3) is 0.800. The second-order valence-electron chi connectivity index (χ2n) is 4.46. The quantitative estimate of drug-likeness (QED) is 0.873. The first-order valence-corrected chi connectivity index (χ1v) is 5.63. The number of halogens is 3. The molecule has 0 aromatic carbocycles. The number of hydrogen-bond acceptors (Lipinski definition) is 5. The highest BCUT2D eigenvalue weighted by atomic mass is 19.4. The summed E-state index contributed by atoms with van der Waals surface area (Å²) >= 11 is 0. The Bertz CT molecular complexity index is 396. The molecular weight excluding hydrogens is 251 g/mol. The predicted octanol–water partition coefficient (Wildman–Crippen LogP) is 1.53. The first-order valence-electron chi connectivity index (χ1n) is 5.63. The van der Waals surface area contributed by atoms with Crippen molar-refractivity contribution in [1.82, 2.24) is 10.1 Å². The van der Waals surface area contributed by atoms with Crippen molar-refractivity contribution in [3.8, 4) is 0 Å². The molecule has 8 heteroatoms. The summed E-state index contributed by atoms with van der Waals surface area (Å²) < 4.78 is 45.1. The molecule has 0 spiro atoms. The Morgan fingerprint density at radius 2 is 2.11 bits per heavy atom. The minimum Gasteiger partial charge on any atom is -0.364 e. The van der Waals surface area contributed by atoms with E-state index in [4.69, 9.17) is 10.3 Å². The van der Waals surface area contributed by atoms with E-state index in [1.165, 1.54) is 0 Å². The highest BCUT2D eigenvalue weighted by Crippen LogP contribution is 2.41. The number of alkyl halides is 3. The molecule has 1 aromatic heterocycles. The van der Waals surface area contributed by atoms with Gasteiger partial charge in [-0.1, -0.05) is 11.6 Å². The molecule has 1 aliphatic carbocycles. The number of rotatable bonds is 5. The second-order valence-corrected chi connectivity index (χ2v) is 4.46. The van der Waals surface area contributed by atoms with Crippen LogP contribution in [0.15, 0.2) is 4.52 Å². The summed E-state index contributed by atoms with van der Waals surface area (Å²) in [5, 5.41) is 3.60. The van der Waals surface area contributed by atoms with E-state index in [1.54, 1.807) is 0 Å². The van der Waals surface area contributed by atoms with Gasteiger partial charge < -0.3 is 15.0 Å². The topological polar surface area (TPSA) is 74.2 Å². The van der Waals surface area contributed by atoms with E-state index < -0.39 is 12.8 Å². The van der Waals surface area contributed by atoms with E-state index in [0.29, 0.717) is 12.4 Å². The van der Waals surface area contributed by atoms with Crippen LogP contribution in [0.3, 0.4) is 0 Å². The molecule has 102 valence electrons. The van der Waals surface area contributed by atoms with Crippen LogP contribution in [-0.2, 0) is 16.8 Å². The zero-order chi connectivity index (χ0) is 13.2.